The lowest BCUT2D eigenvalue weighted by molar-refractivity contribution is 0.866. The van der Waals surface area contributed by atoms with E-state index in [9.17, 15) is 0 Å². The summed E-state index contributed by atoms with van der Waals surface area (Å²) in [6.45, 7) is 5.22. The van der Waals surface area contributed by atoms with Crippen molar-refractivity contribution in [1.29, 1.82) is 0 Å². The average Bonchev–Trinajstić information content (AvgIpc) is 2.80. The van der Waals surface area contributed by atoms with Crippen LogP contribution in [0.1, 0.15) is 30.3 Å². The minimum absolute atomic E-state index is 0.591. The number of rotatable bonds is 4. The van der Waals surface area contributed by atoms with Gasteiger partial charge in [-0.1, -0.05) is 26.0 Å². The predicted octanol–water partition coefficient (Wildman–Crippen LogP) is 3.88. The van der Waals surface area contributed by atoms with Gasteiger partial charge in [-0.15, -0.1) is 11.3 Å². The summed E-state index contributed by atoms with van der Waals surface area (Å²) in [4.78, 5) is 4.23. The molecule has 0 fully saturated rings. The Labute approximate surface area is 100 Å². The fourth-order valence-corrected chi connectivity index (χ4v) is 2.06. The molecule has 84 valence electrons. The van der Waals surface area contributed by atoms with Crippen LogP contribution in [0, 0.1) is 0 Å². The molecule has 0 spiro atoms. The summed E-state index contributed by atoms with van der Waals surface area (Å²) in [5.74, 6) is 0.591. The Morgan fingerprint density at radius 2 is 2.00 bits per heavy atom. The maximum absolute atomic E-state index is 4.23. The molecule has 1 aromatic carbocycles. The standard InChI is InChI=1S/C13H16N2S/c1-10(2)11-3-5-12(6-4-11)15-9-13-14-7-8-16-13/h3-8,10,15H,9H2,1-2H3. The molecule has 1 aromatic heterocycles. The SMILES string of the molecule is CC(C)c1ccc(NCc2nccs2)cc1. The smallest absolute Gasteiger partial charge is 0.112 e. The molecule has 0 atom stereocenters. The van der Waals surface area contributed by atoms with E-state index in [0.717, 1.165) is 17.2 Å². The van der Waals surface area contributed by atoms with E-state index in [1.807, 2.05) is 11.6 Å². The summed E-state index contributed by atoms with van der Waals surface area (Å²) in [6, 6.07) is 8.61. The van der Waals surface area contributed by atoms with Gasteiger partial charge in [-0.05, 0) is 23.6 Å². The molecule has 0 saturated heterocycles. The number of hydrogen-bond acceptors (Lipinski definition) is 3. The van der Waals surface area contributed by atoms with E-state index >= 15 is 0 Å². The summed E-state index contributed by atoms with van der Waals surface area (Å²) in [5.41, 5.74) is 2.53. The molecule has 0 saturated carbocycles. The molecular formula is C13H16N2S. The maximum atomic E-state index is 4.23. The second-order valence-corrected chi connectivity index (χ2v) is 5.04. The van der Waals surface area contributed by atoms with E-state index < -0.39 is 0 Å². The molecule has 0 aliphatic rings. The zero-order valence-corrected chi connectivity index (χ0v) is 10.4. The summed E-state index contributed by atoms with van der Waals surface area (Å²) in [7, 11) is 0. The van der Waals surface area contributed by atoms with Gasteiger partial charge in [0.2, 0.25) is 0 Å². The highest BCUT2D eigenvalue weighted by molar-refractivity contribution is 7.09. The van der Waals surface area contributed by atoms with Crippen LogP contribution in [-0.2, 0) is 6.54 Å². The molecular weight excluding hydrogens is 216 g/mol. The van der Waals surface area contributed by atoms with Crippen molar-refractivity contribution in [1.82, 2.24) is 4.98 Å². The fraction of sp³-hybridized carbons (Fsp3) is 0.308. The van der Waals surface area contributed by atoms with Crippen molar-refractivity contribution >= 4 is 17.0 Å². The molecule has 0 bridgehead atoms. The van der Waals surface area contributed by atoms with Crippen LogP contribution in [-0.4, -0.2) is 4.98 Å². The van der Waals surface area contributed by atoms with Crippen molar-refractivity contribution < 1.29 is 0 Å². The lowest BCUT2D eigenvalue weighted by Crippen LogP contribution is -1.98. The first-order valence-electron chi connectivity index (χ1n) is 5.48. The van der Waals surface area contributed by atoms with Crippen molar-refractivity contribution in [2.24, 2.45) is 0 Å². The van der Waals surface area contributed by atoms with Crippen LogP contribution in [0.25, 0.3) is 0 Å². The van der Waals surface area contributed by atoms with Gasteiger partial charge in [0.15, 0.2) is 0 Å². The quantitative estimate of drug-likeness (QED) is 0.865. The molecule has 0 unspecified atom stereocenters. The average molecular weight is 232 g/mol. The third-order valence-corrected chi connectivity index (χ3v) is 3.28. The van der Waals surface area contributed by atoms with Crippen LogP contribution in [0.2, 0.25) is 0 Å². The van der Waals surface area contributed by atoms with Gasteiger partial charge < -0.3 is 5.32 Å². The zero-order valence-electron chi connectivity index (χ0n) is 9.60. The molecule has 0 radical (unpaired) electrons. The number of thiazole rings is 1. The van der Waals surface area contributed by atoms with Crippen molar-refractivity contribution in [2.75, 3.05) is 5.32 Å². The molecule has 2 nitrogen and oxygen atoms in total. The van der Waals surface area contributed by atoms with E-state index in [1.54, 1.807) is 11.3 Å². The van der Waals surface area contributed by atoms with Crippen molar-refractivity contribution in [3.05, 3.63) is 46.4 Å². The second-order valence-electron chi connectivity index (χ2n) is 4.06. The molecule has 0 aliphatic carbocycles. The van der Waals surface area contributed by atoms with Crippen LogP contribution in [0.5, 0.6) is 0 Å². The molecule has 1 heterocycles. The van der Waals surface area contributed by atoms with E-state index in [1.165, 1.54) is 5.56 Å². The monoisotopic (exact) mass is 232 g/mol. The highest BCUT2D eigenvalue weighted by Crippen LogP contribution is 2.17. The normalized spacial score (nSPS) is 10.7. The van der Waals surface area contributed by atoms with Crippen molar-refractivity contribution in [3.8, 4) is 0 Å². The van der Waals surface area contributed by atoms with E-state index in [4.69, 9.17) is 0 Å². The van der Waals surface area contributed by atoms with Crippen LogP contribution in [0.15, 0.2) is 35.8 Å². The largest absolute Gasteiger partial charge is 0.379 e. The summed E-state index contributed by atoms with van der Waals surface area (Å²) in [5, 5.41) is 6.48. The highest BCUT2D eigenvalue weighted by atomic mass is 32.1. The molecule has 2 aromatic rings. The van der Waals surface area contributed by atoms with Crippen molar-refractivity contribution in [2.45, 2.75) is 26.3 Å². The first-order valence-corrected chi connectivity index (χ1v) is 6.36. The fourth-order valence-electron chi connectivity index (χ4n) is 1.50. The van der Waals surface area contributed by atoms with Gasteiger partial charge in [-0.3, -0.25) is 0 Å². The van der Waals surface area contributed by atoms with Crippen LogP contribution in [0.3, 0.4) is 0 Å². The molecule has 0 aliphatic heterocycles. The Bertz CT molecular complexity index is 418. The van der Waals surface area contributed by atoms with Gasteiger partial charge in [0.05, 0.1) is 6.54 Å². The summed E-state index contributed by atoms with van der Waals surface area (Å²) in [6.07, 6.45) is 1.84. The summed E-state index contributed by atoms with van der Waals surface area (Å²) >= 11 is 1.68. The molecule has 2 rings (SSSR count). The van der Waals surface area contributed by atoms with Crippen LogP contribution < -0.4 is 5.32 Å². The number of aromatic nitrogens is 1. The van der Waals surface area contributed by atoms with Gasteiger partial charge in [-0.25, -0.2) is 4.98 Å². The van der Waals surface area contributed by atoms with Crippen LogP contribution in [0.4, 0.5) is 5.69 Å². The Hall–Kier alpha value is -1.35. The Kier molecular flexibility index (Phi) is 3.57. The molecule has 1 N–H and O–H groups in total. The molecule has 0 amide bonds. The Morgan fingerprint density at radius 1 is 1.25 bits per heavy atom. The van der Waals surface area contributed by atoms with E-state index in [0.29, 0.717) is 5.92 Å². The van der Waals surface area contributed by atoms with Gasteiger partial charge in [0.25, 0.3) is 0 Å². The lowest BCUT2D eigenvalue weighted by Gasteiger charge is -2.08. The summed E-state index contributed by atoms with van der Waals surface area (Å²) < 4.78 is 0. The molecule has 3 heteroatoms. The van der Waals surface area contributed by atoms with Gasteiger partial charge in [0, 0.05) is 17.3 Å². The van der Waals surface area contributed by atoms with Gasteiger partial charge in [-0.2, -0.15) is 0 Å². The van der Waals surface area contributed by atoms with Crippen molar-refractivity contribution in [3.63, 3.8) is 0 Å². The lowest BCUT2D eigenvalue weighted by atomic mass is 10.0. The van der Waals surface area contributed by atoms with Gasteiger partial charge in [0.1, 0.15) is 5.01 Å². The topological polar surface area (TPSA) is 24.9 Å². The Balaban J connectivity index is 1.95. The van der Waals surface area contributed by atoms with E-state index in [2.05, 4.69) is 48.4 Å². The third-order valence-electron chi connectivity index (χ3n) is 2.50. The molecule has 16 heavy (non-hydrogen) atoms. The predicted molar refractivity (Wildman–Crippen MR) is 70.0 cm³/mol. The number of nitrogens with one attached hydrogen (secondary N) is 1. The third kappa shape index (κ3) is 2.83. The maximum Gasteiger partial charge on any atom is 0.112 e. The number of anilines is 1. The van der Waals surface area contributed by atoms with Crippen LogP contribution >= 0.6 is 11.3 Å². The van der Waals surface area contributed by atoms with Gasteiger partial charge >= 0.3 is 0 Å². The minimum atomic E-state index is 0.591. The minimum Gasteiger partial charge on any atom is -0.379 e. The number of nitrogens with zero attached hydrogens (tertiary/aromatic N) is 1. The number of hydrogen-bond donors (Lipinski definition) is 1. The first-order chi connectivity index (χ1) is 7.75. The highest BCUT2D eigenvalue weighted by Gasteiger charge is 1.99. The first kappa shape index (κ1) is 11.1. The number of benzene rings is 1. The Morgan fingerprint density at radius 3 is 2.56 bits per heavy atom. The van der Waals surface area contributed by atoms with E-state index in [-0.39, 0.29) is 0 Å². The second kappa shape index (κ2) is 5.12. The zero-order chi connectivity index (χ0) is 11.4.